The smallest absolute Gasteiger partial charge is 0.226 e. The molecule has 23 heavy (non-hydrogen) atoms. The predicted molar refractivity (Wildman–Crippen MR) is 88.7 cm³/mol. The van der Waals surface area contributed by atoms with Gasteiger partial charge < -0.3 is 9.88 Å². The maximum atomic E-state index is 12.3. The number of fused-ring (bicyclic) bond motifs is 3. The minimum Gasteiger partial charge on any atom is -0.346 e. The molecule has 1 aliphatic carbocycles. The Balaban J connectivity index is 1.60. The van der Waals surface area contributed by atoms with E-state index in [4.69, 9.17) is 0 Å². The lowest BCUT2D eigenvalue weighted by Gasteiger charge is -2.16. The molecule has 1 aliphatic heterocycles. The molecule has 2 aliphatic rings. The highest BCUT2D eigenvalue weighted by Gasteiger charge is 2.35. The molecule has 5 nitrogen and oxygen atoms in total. The largest absolute Gasteiger partial charge is 0.346 e. The normalized spacial score (nSPS) is 17.9. The van der Waals surface area contributed by atoms with Crippen LogP contribution in [0, 0.1) is 5.92 Å². The molecule has 4 heterocycles. The van der Waals surface area contributed by atoms with Crippen molar-refractivity contribution in [3.63, 3.8) is 0 Å². The van der Waals surface area contributed by atoms with Crippen molar-refractivity contribution in [1.82, 2.24) is 19.9 Å². The quantitative estimate of drug-likeness (QED) is 0.792. The van der Waals surface area contributed by atoms with E-state index in [1.54, 1.807) is 0 Å². The van der Waals surface area contributed by atoms with E-state index in [9.17, 15) is 4.79 Å². The number of aromatic amines is 1. The molecule has 1 N–H and O–H groups in total. The molecule has 3 aromatic heterocycles. The first kappa shape index (κ1) is 12.8. The van der Waals surface area contributed by atoms with Crippen molar-refractivity contribution >= 4 is 33.3 Å². The molecular weight excluding hydrogens is 288 g/mol. The van der Waals surface area contributed by atoms with Crippen molar-refractivity contribution in [1.29, 1.82) is 0 Å². The number of pyridine rings is 2. The molecule has 0 spiro atoms. The minimum absolute atomic E-state index is 0.267. The maximum absolute atomic E-state index is 12.3. The number of nitrogens with one attached hydrogen (secondary N) is 1. The molecule has 0 bridgehead atoms. The van der Waals surface area contributed by atoms with E-state index in [-0.39, 0.29) is 5.92 Å². The number of aromatic nitrogens is 3. The van der Waals surface area contributed by atoms with Gasteiger partial charge in [-0.2, -0.15) is 0 Å². The highest BCUT2D eigenvalue weighted by molar-refractivity contribution is 6.09. The van der Waals surface area contributed by atoms with Gasteiger partial charge in [-0.1, -0.05) is 6.08 Å². The molecule has 5 rings (SSSR count). The van der Waals surface area contributed by atoms with Gasteiger partial charge in [0.2, 0.25) is 5.91 Å². The SMILES string of the molecule is O=C(C1CC1)N1CC=C(c2nccc3cnc4[nH]ccc4c23)C1. The summed E-state index contributed by atoms with van der Waals surface area (Å²) in [5, 5.41) is 3.28. The van der Waals surface area contributed by atoms with Gasteiger partial charge in [-0.25, -0.2) is 4.98 Å². The van der Waals surface area contributed by atoms with E-state index in [0.29, 0.717) is 19.0 Å². The van der Waals surface area contributed by atoms with Gasteiger partial charge in [0.1, 0.15) is 5.65 Å². The molecule has 0 aromatic carbocycles. The molecule has 0 saturated heterocycles. The summed E-state index contributed by atoms with van der Waals surface area (Å²) >= 11 is 0. The summed E-state index contributed by atoms with van der Waals surface area (Å²) in [7, 11) is 0. The number of rotatable bonds is 2. The van der Waals surface area contributed by atoms with E-state index >= 15 is 0 Å². The van der Waals surface area contributed by atoms with Gasteiger partial charge in [-0.15, -0.1) is 0 Å². The first-order chi connectivity index (χ1) is 11.3. The maximum Gasteiger partial charge on any atom is 0.226 e. The number of amides is 1. The van der Waals surface area contributed by atoms with E-state index in [1.807, 2.05) is 35.6 Å². The summed E-state index contributed by atoms with van der Waals surface area (Å²) in [6.45, 7) is 1.36. The Morgan fingerprint density at radius 3 is 3.04 bits per heavy atom. The molecule has 3 aromatic rings. The molecule has 1 saturated carbocycles. The lowest BCUT2D eigenvalue weighted by Crippen LogP contribution is -2.30. The average Bonchev–Trinajstić information content (AvgIpc) is 3.12. The van der Waals surface area contributed by atoms with Crippen LogP contribution in [0.4, 0.5) is 0 Å². The topological polar surface area (TPSA) is 61.9 Å². The van der Waals surface area contributed by atoms with Crippen LogP contribution in [0.1, 0.15) is 18.5 Å². The predicted octanol–water partition coefficient (Wildman–Crippen LogP) is 2.75. The van der Waals surface area contributed by atoms with Gasteiger partial charge >= 0.3 is 0 Å². The molecule has 0 atom stereocenters. The van der Waals surface area contributed by atoms with E-state index < -0.39 is 0 Å². The fourth-order valence-corrected chi connectivity index (χ4v) is 3.40. The molecule has 0 radical (unpaired) electrons. The Morgan fingerprint density at radius 2 is 2.17 bits per heavy atom. The third-order valence-corrected chi connectivity index (χ3v) is 4.77. The molecular formula is C18H16N4O. The number of carbonyl (C=O) groups excluding carboxylic acids is 1. The summed E-state index contributed by atoms with van der Waals surface area (Å²) in [6, 6.07) is 4.03. The number of carbonyl (C=O) groups is 1. The van der Waals surface area contributed by atoms with Gasteiger partial charge in [0.25, 0.3) is 0 Å². The Morgan fingerprint density at radius 1 is 1.26 bits per heavy atom. The van der Waals surface area contributed by atoms with Crippen LogP contribution in [0.5, 0.6) is 0 Å². The van der Waals surface area contributed by atoms with Crippen molar-refractivity contribution in [3.05, 3.63) is 42.5 Å². The van der Waals surface area contributed by atoms with Crippen LogP contribution in [0.2, 0.25) is 0 Å². The van der Waals surface area contributed by atoms with Crippen molar-refractivity contribution < 1.29 is 4.79 Å². The van der Waals surface area contributed by atoms with Gasteiger partial charge in [-0.05, 0) is 30.5 Å². The fourth-order valence-electron chi connectivity index (χ4n) is 3.40. The number of nitrogens with zero attached hydrogens (tertiary/aromatic N) is 3. The second-order valence-corrected chi connectivity index (χ2v) is 6.34. The molecule has 5 heteroatoms. The Bertz CT molecular complexity index is 967. The van der Waals surface area contributed by atoms with Gasteiger partial charge in [0, 0.05) is 53.8 Å². The zero-order valence-corrected chi connectivity index (χ0v) is 12.6. The molecule has 1 amide bonds. The lowest BCUT2D eigenvalue weighted by molar-refractivity contribution is -0.131. The number of hydrogen-bond donors (Lipinski definition) is 1. The van der Waals surface area contributed by atoms with Crippen LogP contribution >= 0.6 is 0 Å². The highest BCUT2D eigenvalue weighted by atomic mass is 16.2. The lowest BCUT2D eigenvalue weighted by atomic mass is 10.0. The van der Waals surface area contributed by atoms with Crippen molar-refractivity contribution in [3.8, 4) is 0 Å². The summed E-state index contributed by atoms with van der Waals surface area (Å²) in [5.41, 5.74) is 2.98. The third-order valence-electron chi connectivity index (χ3n) is 4.77. The van der Waals surface area contributed by atoms with Crippen LogP contribution in [-0.2, 0) is 4.79 Å². The Hall–Kier alpha value is -2.69. The fraction of sp³-hybridized carbons (Fsp3) is 0.278. The molecule has 114 valence electrons. The van der Waals surface area contributed by atoms with Crippen molar-refractivity contribution in [2.24, 2.45) is 5.92 Å². The van der Waals surface area contributed by atoms with Crippen LogP contribution < -0.4 is 0 Å². The van der Waals surface area contributed by atoms with E-state index in [2.05, 4.69) is 21.0 Å². The van der Waals surface area contributed by atoms with Gasteiger partial charge in [0.05, 0.1) is 5.69 Å². The standard InChI is InChI=1S/C18H16N4O/c23-18(11-1-2-11)22-8-5-13(10-22)16-15-12(3-6-19-16)9-21-17-14(15)4-7-20-17/h3-7,9,11H,1-2,8,10H2,(H,20,21). The zero-order chi connectivity index (χ0) is 15.4. The second kappa shape index (κ2) is 4.65. The van der Waals surface area contributed by atoms with Crippen LogP contribution in [0.15, 0.2) is 36.8 Å². The second-order valence-electron chi connectivity index (χ2n) is 6.34. The first-order valence-corrected chi connectivity index (χ1v) is 8.00. The average molecular weight is 304 g/mol. The van der Waals surface area contributed by atoms with Crippen LogP contribution in [-0.4, -0.2) is 38.8 Å². The third kappa shape index (κ3) is 1.96. The van der Waals surface area contributed by atoms with E-state index in [0.717, 1.165) is 45.9 Å². The summed E-state index contributed by atoms with van der Waals surface area (Å²) in [5.74, 6) is 0.564. The first-order valence-electron chi connectivity index (χ1n) is 8.00. The summed E-state index contributed by atoms with van der Waals surface area (Å²) in [4.78, 5) is 26.4. The van der Waals surface area contributed by atoms with Gasteiger partial charge in [-0.3, -0.25) is 9.78 Å². The van der Waals surface area contributed by atoms with Crippen LogP contribution in [0.25, 0.3) is 27.4 Å². The molecule has 1 fully saturated rings. The summed E-state index contributed by atoms with van der Waals surface area (Å²) < 4.78 is 0. The minimum atomic E-state index is 0.267. The zero-order valence-electron chi connectivity index (χ0n) is 12.6. The summed E-state index contributed by atoms with van der Waals surface area (Å²) in [6.07, 6.45) is 9.84. The van der Waals surface area contributed by atoms with Crippen molar-refractivity contribution in [2.45, 2.75) is 12.8 Å². The van der Waals surface area contributed by atoms with Crippen LogP contribution in [0.3, 0.4) is 0 Å². The highest BCUT2D eigenvalue weighted by Crippen LogP contribution is 2.35. The van der Waals surface area contributed by atoms with E-state index in [1.165, 1.54) is 0 Å². The molecule has 0 unspecified atom stereocenters. The number of H-pyrrole nitrogens is 1. The Kier molecular flexibility index (Phi) is 2.59. The monoisotopic (exact) mass is 304 g/mol. The number of hydrogen-bond acceptors (Lipinski definition) is 3. The van der Waals surface area contributed by atoms with Gasteiger partial charge in [0.15, 0.2) is 0 Å². The van der Waals surface area contributed by atoms with Crippen molar-refractivity contribution in [2.75, 3.05) is 13.1 Å². The Labute approximate surface area is 133 Å².